The molecule has 2 amide bonds. The first-order valence-corrected chi connectivity index (χ1v) is 13.1. The Kier molecular flexibility index (Phi) is 16.3. The van der Waals surface area contributed by atoms with Gasteiger partial charge < -0.3 is 9.47 Å². The van der Waals surface area contributed by atoms with Gasteiger partial charge in [-0.15, -0.1) is 0 Å². The molecule has 1 saturated heterocycles. The third-order valence-corrected chi connectivity index (χ3v) is 6.42. The lowest BCUT2D eigenvalue weighted by Gasteiger charge is -2.15. The summed E-state index contributed by atoms with van der Waals surface area (Å²) in [5.74, 6) is 0.00791. The number of amides is 2. The average molecular weight is 454 g/mol. The van der Waals surface area contributed by atoms with E-state index in [2.05, 4.69) is 20.8 Å². The Labute approximate surface area is 195 Å². The Hall–Kier alpha value is -1.27. The van der Waals surface area contributed by atoms with Crippen LogP contribution in [-0.2, 0) is 23.9 Å². The lowest BCUT2D eigenvalue weighted by molar-refractivity contribution is -0.140. The predicted molar refractivity (Wildman–Crippen MR) is 127 cm³/mol. The van der Waals surface area contributed by atoms with E-state index < -0.39 is 0 Å². The van der Waals surface area contributed by atoms with E-state index >= 15 is 0 Å². The highest BCUT2D eigenvalue weighted by Gasteiger charge is 2.37. The van der Waals surface area contributed by atoms with E-state index in [1.54, 1.807) is 0 Å². The van der Waals surface area contributed by atoms with E-state index in [0.29, 0.717) is 32.8 Å². The maximum absolute atomic E-state index is 12.5. The second-order valence-corrected chi connectivity index (χ2v) is 9.07. The van der Waals surface area contributed by atoms with Gasteiger partial charge in [0.2, 0.25) is 11.8 Å². The molecule has 1 aliphatic rings. The van der Waals surface area contributed by atoms with Crippen molar-refractivity contribution in [2.24, 2.45) is 11.8 Å². The molecule has 0 bridgehead atoms. The smallest absolute Gasteiger partial charge is 0.232 e. The van der Waals surface area contributed by atoms with Gasteiger partial charge in [-0.25, -0.2) is 0 Å². The summed E-state index contributed by atoms with van der Waals surface area (Å²) in [6.45, 7) is 7.89. The lowest BCUT2D eigenvalue weighted by atomic mass is 9.94. The number of ketones is 1. The van der Waals surface area contributed by atoms with Gasteiger partial charge in [0.05, 0.1) is 26.4 Å². The normalized spacial score (nSPS) is 17.3. The number of hydrogen-bond donors (Lipinski definition) is 0. The highest BCUT2D eigenvalue weighted by molar-refractivity contribution is 6.03. The van der Waals surface area contributed by atoms with Gasteiger partial charge in [-0.2, -0.15) is 0 Å². The standard InChI is InChI=1S/C26H47NO5/c1-4-7-9-11-13-15-23-20-25(29)27(26(23)30)16-17-31-18-19-32-21-24(28)22(6-3)14-12-10-8-5-2/h22-23H,4-21H2,1-3H3. The minimum absolute atomic E-state index is 0.0412. The topological polar surface area (TPSA) is 72.9 Å². The van der Waals surface area contributed by atoms with Crippen LogP contribution >= 0.6 is 0 Å². The van der Waals surface area contributed by atoms with Gasteiger partial charge in [0.15, 0.2) is 5.78 Å². The van der Waals surface area contributed by atoms with Crippen molar-refractivity contribution in [1.29, 1.82) is 0 Å². The van der Waals surface area contributed by atoms with E-state index in [-0.39, 0.29) is 36.0 Å². The van der Waals surface area contributed by atoms with Crippen LogP contribution in [0.4, 0.5) is 0 Å². The summed E-state index contributed by atoms with van der Waals surface area (Å²) in [6.07, 6.45) is 13.5. The van der Waals surface area contributed by atoms with E-state index in [9.17, 15) is 14.4 Å². The van der Waals surface area contributed by atoms with Crippen LogP contribution < -0.4 is 0 Å². The molecule has 1 rings (SSSR count). The van der Waals surface area contributed by atoms with Crippen molar-refractivity contribution in [3.8, 4) is 0 Å². The maximum Gasteiger partial charge on any atom is 0.232 e. The van der Waals surface area contributed by atoms with Crippen molar-refractivity contribution in [2.75, 3.05) is 33.0 Å². The summed E-state index contributed by atoms with van der Waals surface area (Å²) in [6, 6.07) is 0. The van der Waals surface area contributed by atoms with Crippen LogP contribution in [-0.4, -0.2) is 55.5 Å². The third kappa shape index (κ3) is 11.6. The molecule has 0 aromatic heterocycles. The van der Waals surface area contributed by atoms with Gasteiger partial charge in [-0.05, 0) is 19.3 Å². The molecule has 2 unspecified atom stereocenters. The molecule has 32 heavy (non-hydrogen) atoms. The molecule has 0 aromatic rings. The van der Waals surface area contributed by atoms with Crippen molar-refractivity contribution in [1.82, 2.24) is 4.90 Å². The fourth-order valence-electron chi connectivity index (χ4n) is 4.28. The monoisotopic (exact) mass is 453 g/mol. The molecule has 0 radical (unpaired) electrons. The quantitative estimate of drug-likeness (QED) is 0.174. The number of rotatable bonds is 21. The van der Waals surface area contributed by atoms with Gasteiger partial charge in [0.1, 0.15) is 6.61 Å². The predicted octanol–water partition coefficient (Wildman–Crippen LogP) is 5.32. The van der Waals surface area contributed by atoms with Gasteiger partial charge in [0, 0.05) is 18.3 Å². The summed E-state index contributed by atoms with van der Waals surface area (Å²) < 4.78 is 11.0. The number of carbonyl (C=O) groups is 3. The molecule has 0 aromatic carbocycles. The number of imide groups is 1. The summed E-state index contributed by atoms with van der Waals surface area (Å²) in [7, 11) is 0. The molecule has 0 spiro atoms. The number of hydrogen-bond acceptors (Lipinski definition) is 5. The van der Waals surface area contributed by atoms with Gasteiger partial charge >= 0.3 is 0 Å². The zero-order valence-electron chi connectivity index (χ0n) is 20.9. The zero-order chi connectivity index (χ0) is 23.6. The van der Waals surface area contributed by atoms with Crippen LogP contribution in [0.1, 0.15) is 104 Å². The number of ether oxygens (including phenoxy) is 2. The second-order valence-electron chi connectivity index (χ2n) is 9.07. The summed E-state index contributed by atoms with van der Waals surface area (Å²) in [5, 5.41) is 0. The van der Waals surface area contributed by atoms with E-state index in [4.69, 9.17) is 9.47 Å². The van der Waals surface area contributed by atoms with Gasteiger partial charge in [0.25, 0.3) is 0 Å². The number of nitrogens with zero attached hydrogens (tertiary/aromatic N) is 1. The molecule has 6 heteroatoms. The molecule has 0 saturated carbocycles. The highest BCUT2D eigenvalue weighted by Crippen LogP contribution is 2.25. The molecule has 2 atom stereocenters. The molecule has 186 valence electrons. The van der Waals surface area contributed by atoms with Crippen molar-refractivity contribution >= 4 is 17.6 Å². The molecule has 0 aliphatic carbocycles. The Morgan fingerprint density at radius 1 is 0.906 bits per heavy atom. The number of likely N-dealkylation sites (tertiary alicyclic amines) is 1. The molecule has 0 N–H and O–H groups in total. The minimum atomic E-state index is -0.146. The molecular weight excluding hydrogens is 406 g/mol. The third-order valence-electron chi connectivity index (χ3n) is 6.42. The molecule has 1 heterocycles. The van der Waals surface area contributed by atoms with Crippen LogP contribution in [0, 0.1) is 11.8 Å². The minimum Gasteiger partial charge on any atom is -0.377 e. The summed E-state index contributed by atoms with van der Waals surface area (Å²) >= 11 is 0. The summed E-state index contributed by atoms with van der Waals surface area (Å²) in [4.78, 5) is 38.3. The molecule has 6 nitrogen and oxygen atoms in total. The Morgan fingerprint density at radius 3 is 2.25 bits per heavy atom. The average Bonchev–Trinajstić information content (AvgIpc) is 3.05. The fourth-order valence-corrected chi connectivity index (χ4v) is 4.28. The first-order valence-electron chi connectivity index (χ1n) is 13.1. The number of unbranched alkanes of at least 4 members (excludes halogenated alkanes) is 7. The lowest BCUT2D eigenvalue weighted by Crippen LogP contribution is -2.34. The van der Waals surface area contributed by atoms with Crippen molar-refractivity contribution in [2.45, 2.75) is 104 Å². The second kappa shape index (κ2) is 18.2. The largest absolute Gasteiger partial charge is 0.377 e. The Bertz CT molecular complexity index is 536. The first kappa shape index (κ1) is 28.8. The van der Waals surface area contributed by atoms with Crippen LogP contribution in [0.5, 0.6) is 0 Å². The molecular formula is C26H47NO5. The SMILES string of the molecule is CCCCCCCC1CC(=O)N(CCOCCOCC(=O)C(CC)CCCCCC)C1=O. The maximum atomic E-state index is 12.5. The van der Waals surface area contributed by atoms with E-state index in [1.165, 1.54) is 43.4 Å². The van der Waals surface area contributed by atoms with Crippen molar-refractivity contribution < 1.29 is 23.9 Å². The molecule has 1 fully saturated rings. The van der Waals surface area contributed by atoms with Crippen LogP contribution in [0.2, 0.25) is 0 Å². The van der Waals surface area contributed by atoms with E-state index in [0.717, 1.165) is 38.5 Å². The van der Waals surface area contributed by atoms with E-state index in [1.807, 2.05) is 0 Å². The van der Waals surface area contributed by atoms with Gasteiger partial charge in [-0.3, -0.25) is 19.3 Å². The Balaban J connectivity index is 2.11. The number of carbonyl (C=O) groups excluding carboxylic acids is 3. The highest BCUT2D eigenvalue weighted by atomic mass is 16.5. The molecule has 1 aliphatic heterocycles. The number of Topliss-reactive ketones (excluding diaryl/α,β-unsaturated/α-hetero) is 1. The fraction of sp³-hybridized carbons (Fsp3) is 0.885. The van der Waals surface area contributed by atoms with Crippen LogP contribution in [0.25, 0.3) is 0 Å². The first-order chi connectivity index (χ1) is 15.5. The van der Waals surface area contributed by atoms with Crippen molar-refractivity contribution in [3.63, 3.8) is 0 Å². The van der Waals surface area contributed by atoms with Crippen LogP contribution in [0.3, 0.4) is 0 Å². The summed E-state index contributed by atoms with van der Waals surface area (Å²) in [5.41, 5.74) is 0. The van der Waals surface area contributed by atoms with Crippen LogP contribution in [0.15, 0.2) is 0 Å². The van der Waals surface area contributed by atoms with Gasteiger partial charge in [-0.1, -0.05) is 78.6 Å². The Morgan fingerprint density at radius 2 is 1.56 bits per heavy atom. The zero-order valence-corrected chi connectivity index (χ0v) is 20.9. The van der Waals surface area contributed by atoms with Crippen molar-refractivity contribution in [3.05, 3.63) is 0 Å².